The first-order valence-electron chi connectivity index (χ1n) is 5.94. The molecule has 0 fully saturated rings. The maximum atomic E-state index is 11.9. The first kappa shape index (κ1) is 13.5. The molecule has 0 bridgehead atoms. The molecule has 0 aliphatic heterocycles. The maximum absolute atomic E-state index is 11.9. The summed E-state index contributed by atoms with van der Waals surface area (Å²) in [6.07, 6.45) is 0. The van der Waals surface area contributed by atoms with E-state index in [9.17, 15) is 4.79 Å². The maximum Gasteiger partial charge on any atom is 0.350 e. The number of methoxy groups -OCH3 is 1. The van der Waals surface area contributed by atoms with Crippen LogP contribution in [0.4, 0.5) is 0 Å². The van der Waals surface area contributed by atoms with E-state index in [1.54, 1.807) is 6.92 Å². The number of carbonyl (C=O) groups is 1. The molecule has 19 heavy (non-hydrogen) atoms. The summed E-state index contributed by atoms with van der Waals surface area (Å²) in [6, 6.07) is 7.84. The van der Waals surface area contributed by atoms with Gasteiger partial charge in [0.1, 0.15) is 4.88 Å². The average Bonchev–Trinajstić information content (AvgIpc) is 2.83. The van der Waals surface area contributed by atoms with Crippen LogP contribution in [0.3, 0.4) is 0 Å². The number of nitrogens with zero attached hydrogens (tertiary/aromatic N) is 1. The van der Waals surface area contributed by atoms with Crippen LogP contribution >= 0.6 is 11.3 Å². The lowest BCUT2D eigenvalue weighted by molar-refractivity contribution is 0.0532. The largest absolute Gasteiger partial charge is 0.473 e. The molecule has 0 spiro atoms. The molecule has 0 saturated heterocycles. The minimum atomic E-state index is -0.361. The summed E-state index contributed by atoms with van der Waals surface area (Å²) >= 11 is 1.20. The van der Waals surface area contributed by atoms with Crippen LogP contribution in [0.25, 0.3) is 11.3 Å². The Morgan fingerprint density at radius 2 is 2.21 bits per heavy atom. The standard InChI is InChI=1S/C14H15NO3S/c1-4-18-13(16)12-11(15-14(17-3)19-12)10-7-5-6-9(2)8-10/h5-8H,4H2,1-3H3. The molecule has 0 aliphatic rings. The minimum Gasteiger partial charge on any atom is -0.473 e. The lowest BCUT2D eigenvalue weighted by Crippen LogP contribution is -2.03. The number of esters is 1. The number of aryl methyl sites for hydroxylation is 1. The average molecular weight is 277 g/mol. The Kier molecular flexibility index (Phi) is 4.16. The van der Waals surface area contributed by atoms with Crippen molar-refractivity contribution in [2.45, 2.75) is 13.8 Å². The smallest absolute Gasteiger partial charge is 0.350 e. The molecule has 1 aromatic carbocycles. The molecule has 0 amide bonds. The van der Waals surface area contributed by atoms with E-state index in [0.29, 0.717) is 22.4 Å². The predicted octanol–water partition coefficient (Wildman–Crippen LogP) is 3.30. The van der Waals surface area contributed by atoms with Gasteiger partial charge in [0.2, 0.25) is 0 Å². The molecule has 4 nitrogen and oxygen atoms in total. The number of aromatic nitrogens is 1. The summed E-state index contributed by atoms with van der Waals surface area (Å²) in [4.78, 5) is 16.8. The van der Waals surface area contributed by atoms with E-state index in [1.165, 1.54) is 18.4 Å². The highest BCUT2D eigenvalue weighted by Gasteiger charge is 2.21. The van der Waals surface area contributed by atoms with Gasteiger partial charge in [0.05, 0.1) is 19.4 Å². The fourth-order valence-corrected chi connectivity index (χ4v) is 2.51. The Morgan fingerprint density at radius 3 is 2.84 bits per heavy atom. The van der Waals surface area contributed by atoms with Crippen molar-refractivity contribution in [3.8, 4) is 16.5 Å². The summed E-state index contributed by atoms with van der Waals surface area (Å²) in [5.41, 5.74) is 2.62. The quantitative estimate of drug-likeness (QED) is 0.804. The van der Waals surface area contributed by atoms with E-state index in [4.69, 9.17) is 9.47 Å². The van der Waals surface area contributed by atoms with Crippen molar-refractivity contribution in [1.29, 1.82) is 0 Å². The van der Waals surface area contributed by atoms with Crippen LogP contribution in [-0.2, 0) is 4.74 Å². The number of rotatable bonds is 4. The van der Waals surface area contributed by atoms with Gasteiger partial charge >= 0.3 is 5.97 Å². The highest BCUT2D eigenvalue weighted by atomic mass is 32.1. The van der Waals surface area contributed by atoms with Crippen molar-refractivity contribution < 1.29 is 14.3 Å². The van der Waals surface area contributed by atoms with Crippen LogP contribution < -0.4 is 4.74 Å². The molecule has 0 N–H and O–H groups in total. The molecule has 0 atom stereocenters. The fraction of sp³-hybridized carbons (Fsp3) is 0.286. The van der Waals surface area contributed by atoms with Crippen LogP contribution in [0.2, 0.25) is 0 Å². The number of benzene rings is 1. The van der Waals surface area contributed by atoms with Crippen LogP contribution in [0, 0.1) is 6.92 Å². The van der Waals surface area contributed by atoms with Gasteiger partial charge in [-0.25, -0.2) is 9.78 Å². The van der Waals surface area contributed by atoms with Gasteiger partial charge in [-0.2, -0.15) is 0 Å². The Bertz CT molecular complexity index is 592. The van der Waals surface area contributed by atoms with Crippen molar-refractivity contribution in [2.24, 2.45) is 0 Å². The van der Waals surface area contributed by atoms with E-state index in [2.05, 4.69) is 4.98 Å². The molecule has 0 saturated carbocycles. The van der Waals surface area contributed by atoms with Gasteiger partial charge in [0.25, 0.3) is 5.19 Å². The van der Waals surface area contributed by atoms with Crippen LogP contribution in [0.1, 0.15) is 22.2 Å². The number of thiazole rings is 1. The minimum absolute atomic E-state index is 0.340. The monoisotopic (exact) mass is 277 g/mol. The van der Waals surface area contributed by atoms with Gasteiger partial charge < -0.3 is 9.47 Å². The number of carbonyl (C=O) groups excluding carboxylic acids is 1. The van der Waals surface area contributed by atoms with E-state index in [1.807, 2.05) is 31.2 Å². The topological polar surface area (TPSA) is 48.4 Å². The Hall–Kier alpha value is -1.88. The highest BCUT2D eigenvalue weighted by molar-refractivity contribution is 7.15. The second-order valence-electron chi connectivity index (χ2n) is 3.95. The Labute approximate surface area is 116 Å². The van der Waals surface area contributed by atoms with Crippen LogP contribution in [0.5, 0.6) is 5.19 Å². The van der Waals surface area contributed by atoms with Gasteiger partial charge in [-0.15, -0.1) is 0 Å². The molecular weight excluding hydrogens is 262 g/mol. The predicted molar refractivity (Wildman–Crippen MR) is 74.8 cm³/mol. The lowest BCUT2D eigenvalue weighted by atomic mass is 10.1. The van der Waals surface area contributed by atoms with Crippen LogP contribution in [-0.4, -0.2) is 24.7 Å². The second kappa shape index (κ2) is 5.84. The van der Waals surface area contributed by atoms with Crippen molar-refractivity contribution in [3.63, 3.8) is 0 Å². The molecule has 2 aromatic rings. The Morgan fingerprint density at radius 1 is 1.42 bits per heavy atom. The van der Waals surface area contributed by atoms with Crippen molar-refractivity contribution in [2.75, 3.05) is 13.7 Å². The molecule has 1 aromatic heterocycles. The van der Waals surface area contributed by atoms with Gasteiger partial charge in [0, 0.05) is 5.56 Å². The molecule has 1 heterocycles. The third-order valence-corrected chi connectivity index (χ3v) is 3.53. The van der Waals surface area contributed by atoms with Crippen molar-refractivity contribution in [1.82, 2.24) is 4.98 Å². The zero-order valence-electron chi connectivity index (χ0n) is 11.1. The first-order valence-corrected chi connectivity index (χ1v) is 6.76. The molecule has 100 valence electrons. The van der Waals surface area contributed by atoms with Gasteiger partial charge in [-0.05, 0) is 19.9 Å². The van der Waals surface area contributed by atoms with E-state index >= 15 is 0 Å². The summed E-state index contributed by atoms with van der Waals surface area (Å²) in [5, 5.41) is 0.458. The van der Waals surface area contributed by atoms with Crippen LogP contribution in [0.15, 0.2) is 24.3 Å². The zero-order valence-corrected chi connectivity index (χ0v) is 11.9. The third kappa shape index (κ3) is 2.93. The molecular formula is C14H15NO3S. The number of hydrogen-bond donors (Lipinski definition) is 0. The molecule has 2 rings (SSSR count). The SMILES string of the molecule is CCOC(=O)c1sc(OC)nc1-c1cccc(C)c1. The van der Waals surface area contributed by atoms with E-state index < -0.39 is 0 Å². The van der Waals surface area contributed by atoms with E-state index in [0.717, 1.165) is 11.1 Å². The summed E-state index contributed by atoms with van der Waals surface area (Å²) in [7, 11) is 1.54. The highest BCUT2D eigenvalue weighted by Crippen LogP contribution is 2.33. The van der Waals surface area contributed by atoms with Gasteiger partial charge in [0.15, 0.2) is 0 Å². The van der Waals surface area contributed by atoms with E-state index in [-0.39, 0.29) is 5.97 Å². The number of ether oxygens (including phenoxy) is 2. The number of hydrogen-bond acceptors (Lipinski definition) is 5. The fourth-order valence-electron chi connectivity index (χ4n) is 1.71. The normalized spacial score (nSPS) is 10.3. The third-order valence-electron chi connectivity index (χ3n) is 2.53. The van der Waals surface area contributed by atoms with Gasteiger partial charge in [-0.1, -0.05) is 35.1 Å². The van der Waals surface area contributed by atoms with Crippen molar-refractivity contribution >= 4 is 17.3 Å². The molecule has 0 aliphatic carbocycles. The lowest BCUT2D eigenvalue weighted by Gasteiger charge is -2.03. The molecule has 0 unspecified atom stereocenters. The first-order chi connectivity index (χ1) is 9.15. The summed E-state index contributed by atoms with van der Waals surface area (Å²) in [6.45, 7) is 4.12. The summed E-state index contributed by atoms with van der Waals surface area (Å²) in [5.74, 6) is -0.361. The molecule has 5 heteroatoms. The summed E-state index contributed by atoms with van der Waals surface area (Å²) < 4.78 is 10.2. The second-order valence-corrected chi connectivity index (χ2v) is 4.91. The van der Waals surface area contributed by atoms with Gasteiger partial charge in [-0.3, -0.25) is 0 Å². The Balaban J connectivity index is 2.49. The molecule has 0 radical (unpaired) electrons. The van der Waals surface area contributed by atoms with Crippen molar-refractivity contribution in [3.05, 3.63) is 34.7 Å². The zero-order chi connectivity index (χ0) is 13.8.